The van der Waals surface area contributed by atoms with E-state index in [1.54, 1.807) is 28.0 Å². The number of aromatic nitrogens is 4. The Bertz CT molecular complexity index is 1160. The average Bonchev–Trinajstić information content (AvgIpc) is 3.44. The predicted molar refractivity (Wildman–Crippen MR) is 135 cm³/mol. The summed E-state index contributed by atoms with van der Waals surface area (Å²) in [6.07, 6.45) is 7.21. The Hall–Kier alpha value is -3.30. The fourth-order valence-electron chi connectivity index (χ4n) is 3.88. The number of nitrogens with zero attached hydrogens (tertiary/aromatic N) is 5. The first-order valence-corrected chi connectivity index (χ1v) is 11.8. The van der Waals surface area contributed by atoms with Gasteiger partial charge in [-0.2, -0.15) is 19.9 Å². The van der Waals surface area contributed by atoms with Gasteiger partial charge in [-0.25, -0.2) is 4.68 Å². The number of nitrogens with one attached hydrogen (secondary N) is 2. The molecule has 3 aromatic rings. The van der Waals surface area contributed by atoms with Crippen molar-refractivity contribution in [3.63, 3.8) is 0 Å². The lowest BCUT2D eigenvalue weighted by Crippen LogP contribution is -2.38. The van der Waals surface area contributed by atoms with Gasteiger partial charge < -0.3 is 21.1 Å². The first-order valence-electron chi connectivity index (χ1n) is 11.4. The second kappa shape index (κ2) is 10.8. The lowest BCUT2D eigenvalue weighted by Gasteiger charge is -2.23. The molecule has 34 heavy (non-hydrogen) atoms. The zero-order valence-corrected chi connectivity index (χ0v) is 20.3. The molecule has 4 N–H and O–H groups in total. The molecule has 1 aliphatic rings. The van der Waals surface area contributed by atoms with Crippen molar-refractivity contribution in [1.29, 1.82) is 0 Å². The number of para-hydroxylation sites is 1. The van der Waals surface area contributed by atoms with E-state index in [0.29, 0.717) is 23.2 Å². The predicted octanol–water partition coefficient (Wildman–Crippen LogP) is 3.78. The Balaban J connectivity index is 1.52. The van der Waals surface area contributed by atoms with Crippen LogP contribution < -0.4 is 16.4 Å². The van der Waals surface area contributed by atoms with Gasteiger partial charge in [-0.1, -0.05) is 50.2 Å². The van der Waals surface area contributed by atoms with Crippen LogP contribution in [0.2, 0.25) is 5.02 Å². The molecular weight excluding hydrogens is 452 g/mol. The number of halogens is 1. The summed E-state index contributed by atoms with van der Waals surface area (Å²) in [7, 11) is 0. The van der Waals surface area contributed by atoms with Crippen molar-refractivity contribution in [3.05, 3.63) is 65.6 Å². The lowest BCUT2D eigenvalue weighted by atomic mass is 10.1. The van der Waals surface area contributed by atoms with Gasteiger partial charge in [-0.3, -0.25) is 0 Å². The largest absolute Gasteiger partial charge is 0.460 e. The molecular formula is C24H31ClN8O. The Morgan fingerprint density at radius 3 is 2.88 bits per heavy atom. The van der Waals surface area contributed by atoms with Crippen LogP contribution in [0.4, 0.5) is 5.82 Å². The number of nitrogens with two attached hydrogens (primary N) is 1. The highest BCUT2D eigenvalue weighted by Crippen LogP contribution is 2.28. The Morgan fingerprint density at radius 1 is 1.35 bits per heavy atom. The first-order chi connectivity index (χ1) is 16.4. The van der Waals surface area contributed by atoms with Crippen LogP contribution in [0.15, 0.2) is 54.4 Å². The van der Waals surface area contributed by atoms with Gasteiger partial charge in [-0.15, -0.1) is 0 Å². The number of rotatable bonds is 8. The molecule has 0 aliphatic carbocycles. The van der Waals surface area contributed by atoms with E-state index >= 15 is 0 Å². The number of hydrogen-bond donors (Lipinski definition) is 3. The van der Waals surface area contributed by atoms with Crippen molar-refractivity contribution >= 4 is 29.3 Å². The van der Waals surface area contributed by atoms with E-state index in [9.17, 15) is 0 Å². The highest BCUT2D eigenvalue weighted by atomic mass is 35.5. The Morgan fingerprint density at radius 2 is 2.18 bits per heavy atom. The number of ether oxygens (including phenoxy) is 1. The molecule has 0 unspecified atom stereocenters. The molecule has 4 rings (SSSR count). The second-order valence-electron chi connectivity index (χ2n) is 8.56. The van der Waals surface area contributed by atoms with Crippen molar-refractivity contribution < 1.29 is 4.74 Å². The molecule has 1 atom stereocenters. The molecule has 1 aromatic carbocycles. The molecule has 1 fully saturated rings. The zero-order valence-electron chi connectivity index (χ0n) is 19.5. The SMILES string of the molecule is C=C(NCc1ccccc1-n1cc(Cl)cn1)n1ncc(C(C)C)c1/N=C(\N)O[C@@H]1CCCNC1. The summed E-state index contributed by atoms with van der Waals surface area (Å²) in [5.74, 6) is 1.39. The van der Waals surface area contributed by atoms with Gasteiger partial charge in [0.25, 0.3) is 6.02 Å². The topological polar surface area (TPSA) is 107 Å². The van der Waals surface area contributed by atoms with E-state index < -0.39 is 0 Å². The molecule has 180 valence electrons. The van der Waals surface area contributed by atoms with Crippen LogP contribution >= 0.6 is 11.6 Å². The van der Waals surface area contributed by atoms with Gasteiger partial charge in [0.2, 0.25) is 0 Å². The van der Waals surface area contributed by atoms with Crippen molar-refractivity contribution in [2.24, 2.45) is 10.7 Å². The lowest BCUT2D eigenvalue weighted by molar-refractivity contribution is 0.152. The number of benzene rings is 1. The summed E-state index contributed by atoms with van der Waals surface area (Å²) in [6.45, 7) is 10.6. The van der Waals surface area contributed by atoms with Crippen molar-refractivity contribution in [1.82, 2.24) is 30.2 Å². The summed E-state index contributed by atoms with van der Waals surface area (Å²) in [4.78, 5) is 4.59. The third kappa shape index (κ3) is 5.60. The summed E-state index contributed by atoms with van der Waals surface area (Å²) in [5.41, 5.74) is 9.09. The summed E-state index contributed by atoms with van der Waals surface area (Å²) in [5, 5.41) is 16.1. The number of aliphatic imine (C=N–C) groups is 1. The summed E-state index contributed by atoms with van der Waals surface area (Å²) in [6, 6.07) is 8.08. The fraction of sp³-hybridized carbons (Fsp3) is 0.375. The maximum Gasteiger partial charge on any atom is 0.289 e. The van der Waals surface area contributed by atoms with Crippen LogP contribution in [0.5, 0.6) is 0 Å². The molecule has 0 bridgehead atoms. The van der Waals surface area contributed by atoms with Crippen molar-refractivity contribution in [3.8, 4) is 5.69 Å². The molecule has 2 aromatic heterocycles. The quantitative estimate of drug-likeness (QED) is 0.333. The van der Waals surface area contributed by atoms with E-state index in [4.69, 9.17) is 22.1 Å². The summed E-state index contributed by atoms with van der Waals surface area (Å²) >= 11 is 6.06. The van der Waals surface area contributed by atoms with Crippen molar-refractivity contribution in [2.45, 2.75) is 45.3 Å². The third-order valence-electron chi connectivity index (χ3n) is 5.68. The van der Waals surface area contributed by atoms with Crippen LogP contribution in [0.25, 0.3) is 11.5 Å². The molecule has 0 spiro atoms. The van der Waals surface area contributed by atoms with E-state index in [0.717, 1.165) is 42.7 Å². The third-order valence-corrected chi connectivity index (χ3v) is 5.87. The minimum absolute atomic E-state index is 0.0185. The first kappa shape index (κ1) is 23.8. The molecule has 0 saturated carbocycles. The molecule has 10 heteroatoms. The molecule has 1 aliphatic heterocycles. The monoisotopic (exact) mass is 482 g/mol. The highest BCUT2D eigenvalue weighted by molar-refractivity contribution is 6.30. The van der Waals surface area contributed by atoms with Gasteiger partial charge in [0.1, 0.15) is 11.9 Å². The standard InChI is InChI=1S/C24H31ClN8O/c1-16(2)21-14-30-33(23(21)31-24(26)34-20-8-6-10-27-13-20)17(3)28-11-18-7-4-5-9-22(18)32-15-19(25)12-29-32/h4-5,7,9,12,14-16,20,27-28H,3,6,8,10-11,13H2,1-2H3,(H2,26,31)/t20-/m1/s1. The normalized spacial score (nSPS) is 16.6. The molecule has 0 amide bonds. The number of piperidine rings is 1. The minimum Gasteiger partial charge on any atom is -0.460 e. The van der Waals surface area contributed by atoms with Gasteiger partial charge in [0.05, 0.1) is 23.1 Å². The van der Waals surface area contributed by atoms with E-state index in [2.05, 4.69) is 46.2 Å². The van der Waals surface area contributed by atoms with Gasteiger partial charge in [0.15, 0.2) is 5.82 Å². The molecule has 1 saturated heterocycles. The molecule has 0 radical (unpaired) electrons. The van der Waals surface area contributed by atoms with Crippen LogP contribution in [0.3, 0.4) is 0 Å². The Labute approximate surface area is 204 Å². The molecule has 3 heterocycles. The van der Waals surface area contributed by atoms with Gasteiger partial charge >= 0.3 is 0 Å². The van der Waals surface area contributed by atoms with E-state index in [1.165, 1.54) is 0 Å². The van der Waals surface area contributed by atoms with Crippen LogP contribution in [0, 0.1) is 0 Å². The number of hydrogen-bond acceptors (Lipinski definition) is 6. The van der Waals surface area contributed by atoms with Crippen molar-refractivity contribution in [2.75, 3.05) is 13.1 Å². The average molecular weight is 483 g/mol. The van der Waals surface area contributed by atoms with Gasteiger partial charge in [-0.05, 0) is 36.9 Å². The minimum atomic E-state index is 0.0185. The zero-order chi connectivity index (χ0) is 24.1. The molecule has 9 nitrogen and oxygen atoms in total. The second-order valence-corrected chi connectivity index (χ2v) is 8.99. The smallest absolute Gasteiger partial charge is 0.289 e. The van der Waals surface area contributed by atoms with Crippen LogP contribution in [-0.2, 0) is 11.3 Å². The van der Waals surface area contributed by atoms with Gasteiger partial charge in [0, 0.05) is 24.8 Å². The Kier molecular flexibility index (Phi) is 7.54. The fourth-order valence-corrected chi connectivity index (χ4v) is 4.02. The van der Waals surface area contributed by atoms with Crippen LogP contribution in [-0.4, -0.2) is 44.8 Å². The van der Waals surface area contributed by atoms with E-state index in [1.807, 2.05) is 24.3 Å². The van der Waals surface area contributed by atoms with E-state index in [-0.39, 0.29) is 18.0 Å². The number of amidine groups is 1. The summed E-state index contributed by atoms with van der Waals surface area (Å²) < 4.78 is 9.30. The maximum absolute atomic E-state index is 6.17. The highest BCUT2D eigenvalue weighted by Gasteiger charge is 2.19. The maximum atomic E-state index is 6.17. The van der Waals surface area contributed by atoms with Crippen LogP contribution in [0.1, 0.15) is 43.7 Å².